The summed E-state index contributed by atoms with van der Waals surface area (Å²) in [6, 6.07) is 12.0. The first-order valence-corrected chi connectivity index (χ1v) is 11.0. The Morgan fingerprint density at radius 1 is 1.07 bits per heavy atom. The Balaban J connectivity index is 1.78. The fourth-order valence-corrected chi connectivity index (χ4v) is 4.55. The molecule has 0 fully saturated rings. The summed E-state index contributed by atoms with van der Waals surface area (Å²) < 4.78 is 3.86. The molecule has 0 amide bonds. The average Bonchev–Trinajstić information content (AvgIpc) is 3.01. The molecule has 6 heteroatoms. The van der Waals surface area contributed by atoms with Crippen LogP contribution in [0.5, 0.6) is 5.75 Å². The van der Waals surface area contributed by atoms with Crippen molar-refractivity contribution >= 4 is 48.8 Å². The summed E-state index contributed by atoms with van der Waals surface area (Å²) in [5.41, 5.74) is 2.96. The molecule has 0 bridgehead atoms. The molecule has 27 heavy (non-hydrogen) atoms. The van der Waals surface area contributed by atoms with Gasteiger partial charge in [0, 0.05) is 23.1 Å². The van der Waals surface area contributed by atoms with Gasteiger partial charge in [-0.3, -0.25) is 0 Å². The molecule has 2 aromatic carbocycles. The number of rotatable bonds is 9. The van der Waals surface area contributed by atoms with E-state index in [-0.39, 0.29) is 5.75 Å². The highest BCUT2D eigenvalue weighted by atomic mass is 79.9. The van der Waals surface area contributed by atoms with Gasteiger partial charge < -0.3 is 15.0 Å². The summed E-state index contributed by atoms with van der Waals surface area (Å²) in [6.45, 7) is 3.69. The minimum atomic E-state index is 0.257. The number of phenols is 1. The van der Waals surface area contributed by atoms with E-state index in [9.17, 15) is 5.11 Å². The number of aromatic hydroxyl groups is 1. The number of para-hydroxylation sites is 2. The molecule has 0 aliphatic heterocycles. The second kappa shape index (κ2) is 9.60. The molecule has 1 aromatic heterocycles. The maximum Gasteiger partial charge on any atom is 0.204 e. The summed E-state index contributed by atoms with van der Waals surface area (Å²) in [7, 11) is 0. The number of nitrogens with one attached hydrogen (secondary N) is 1. The highest BCUT2D eigenvalue weighted by molar-refractivity contribution is 9.11. The van der Waals surface area contributed by atoms with Gasteiger partial charge in [-0.15, -0.1) is 0 Å². The number of aromatic nitrogens is 2. The molecule has 1 heterocycles. The van der Waals surface area contributed by atoms with Gasteiger partial charge in [0.2, 0.25) is 5.95 Å². The first kappa shape index (κ1) is 20.2. The first-order valence-electron chi connectivity index (χ1n) is 9.46. The number of hydrogen-bond acceptors (Lipinski definition) is 3. The maximum absolute atomic E-state index is 10.3. The molecule has 0 radical (unpaired) electrons. The second-order valence-electron chi connectivity index (χ2n) is 6.74. The van der Waals surface area contributed by atoms with Gasteiger partial charge in [-0.1, -0.05) is 60.7 Å². The van der Waals surface area contributed by atoms with Crippen LogP contribution in [-0.4, -0.2) is 14.7 Å². The number of imidazole rings is 1. The Morgan fingerprint density at radius 2 is 1.85 bits per heavy atom. The normalized spacial score (nSPS) is 11.2. The van der Waals surface area contributed by atoms with Crippen molar-refractivity contribution in [3.63, 3.8) is 0 Å². The van der Waals surface area contributed by atoms with Crippen LogP contribution in [-0.2, 0) is 13.1 Å². The van der Waals surface area contributed by atoms with E-state index < -0.39 is 0 Å². The number of nitrogens with zero attached hydrogens (tertiary/aromatic N) is 2. The van der Waals surface area contributed by atoms with Gasteiger partial charge in [0.15, 0.2) is 0 Å². The Bertz CT molecular complexity index is 908. The number of aryl methyl sites for hydroxylation is 1. The monoisotopic (exact) mass is 493 g/mol. The molecule has 2 N–H and O–H groups in total. The quantitative estimate of drug-likeness (QED) is 0.320. The van der Waals surface area contributed by atoms with Crippen molar-refractivity contribution in [3.05, 3.63) is 50.9 Å². The van der Waals surface area contributed by atoms with Gasteiger partial charge in [-0.05, 0) is 46.6 Å². The largest absolute Gasteiger partial charge is 0.506 e. The lowest BCUT2D eigenvalue weighted by molar-refractivity contribution is 0.465. The van der Waals surface area contributed by atoms with Crippen molar-refractivity contribution in [2.45, 2.75) is 52.1 Å². The predicted molar refractivity (Wildman–Crippen MR) is 119 cm³/mol. The van der Waals surface area contributed by atoms with Crippen LogP contribution in [0, 0.1) is 0 Å². The van der Waals surface area contributed by atoms with E-state index in [0.29, 0.717) is 11.0 Å². The molecule has 3 aromatic rings. The number of hydrogen-bond donors (Lipinski definition) is 2. The van der Waals surface area contributed by atoms with Gasteiger partial charge in [0.25, 0.3) is 0 Å². The summed E-state index contributed by atoms with van der Waals surface area (Å²) in [5.74, 6) is 1.11. The molecular formula is C21H25Br2N3O. The Labute approximate surface area is 177 Å². The Morgan fingerprint density at radius 3 is 2.67 bits per heavy atom. The van der Waals surface area contributed by atoms with Crippen molar-refractivity contribution < 1.29 is 5.11 Å². The van der Waals surface area contributed by atoms with E-state index in [4.69, 9.17) is 4.98 Å². The van der Waals surface area contributed by atoms with Crippen LogP contribution in [0.1, 0.15) is 44.6 Å². The van der Waals surface area contributed by atoms with Gasteiger partial charge in [0.1, 0.15) is 5.75 Å². The summed E-state index contributed by atoms with van der Waals surface area (Å²) in [6.07, 6.45) is 6.22. The van der Waals surface area contributed by atoms with Gasteiger partial charge >= 0.3 is 0 Å². The lowest BCUT2D eigenvalue weighted by atomic mass is 10.1. The fraction of sp³-hybridized carbons (Fsp3) is 0.381. The van der Waals surface area contributed by atoms with Crippen LogP contribution in [0.2, 0.25) is 0 Å². The van der Waals surface area contributed by atoms with E-state index in [1.54, 1.807) is 0 Å². The number of phenolic OH excluding ortho intramolecular Hbond substituents is 1. The zero-order valence-electron chi connectivity index (χ0n) is 15.5. The third-order valence-corrected chi connectivity index (χ3v) is 5.75. The molecule has 0 spiro atoms. The fourth-order valence-electron chi connectivity index (χ4n) is 3.24. The van der Waals surface area contributed by atoms with Crippen molar-refractivity contribution in [3.8, 4) is 5.75 Å². The van der Waals surface area contributed by atoms with E-state index in [1.807, 2.05) is 24.3 Å². The van der Waals surface area contributed by atoms with Crippen LogP contribution >= 0.6 is 31.9 Å². The summed E-state index contributed by atoms with van der Waals surface area (Å²) >= 11 is 6.87. The topological polar surface area (TPSA) is 50.1 Å². The number of fused-ring (bicyclic) bond motifs is 1. The second-order valence-corrected chi connectivity index (χ2v) is 8.51. The first-order chi connectivity index (χ1) is 13.1. The molecule has 0 unspecified atom stereocenters. The predicted octanol–water partition coefficient (Wildman–Crippen LogP) is 6.85. The minimum Gasteiger partial charge on any atom is -0.506 e. The molecule has 0 saturated carbocycles. The third kappa shape index (κ3) is 5.05. The SMILES string of the molecule is CCCCCCCn1c(NCc2cc(Br)cc(Br)c2O)nc2ccccc21. The molecule has 0 atom stereocenters. The maximum atomic E-state index is 10.3. The summed E-state index contributed by atoms with van der Waals surface area (Å²) in [5, 5.41) is 13.7. The standard InChI is InChI=1S/C21H25Br2N3O/c1-2-3-4-5-8-11-26-19-10-7-6-9-18(19)25-21(26)24-14-15-12-16(22)13-17(23)20(15)27/h6-7,9-10,12-13,27H,2-5,8,11,14H2,1H3,(H,24,25). The molecule has 4 nitrogen and oxygen atoms in total. The van der Waals surface area contributed by atoms with Crippen LogP contribution in [0.25, 0.3) is 11.0 Å². The molecule has 0 aliphatic rings. The van der Waals surface area contributed by atoms with Gasteiger partial charge in [-0.2, -0.15) is 0 Å². The van der Waals surface area contributed by atoms with Crippen molar-refractivity contribution in [2.24, 2.45) is 0 Å². The molecular weight excluding hydrogens is 470 g/mol. The lowest BCUT2D eigenvalue weighted by Crippen LogP contribution is -2.08. The van der Waals surface area contributed by atoms with Crippen LogP contribution in [0.15, 0.2) is 45.3 Å². The lowest BCUT2D eigenvalue weighted by Gasteiger charge is -2.12. The minimum absolute atomic E-state index is 0.257. The molecule has 144 valence electrons. The van der Waals surface area contributed by atoms with E-state index in [0.717, 1.165) is 40.0 Å². The zero-order valence-corrected chi connectivity index (χ0v) is 18.7. The number of unbranched alkanes of at least 4 members (excludes halogenated alkanes) is 4. The smallest absolute Gasteiger partial charge is 0.204 e. The summed E-state index contributed by atoms with van der Waals surface area (Å²) in [4.78, 5) is 4.76. The molecule has 0 saturated heterocycles. The Kier molecular flexibility index (Phi) is 7.19. The van der Waals surface area contributed by atoms with Crippen molar-refractivity contribution in [2.75, 3.05) is 5.32 Å². The van der Waals surface area contributed by atoms with Crippen LogP contribution in [0.3, 0.4) is 0 Å². The zero-order chi connectivity index (χ0) is 19.2. The average molecular weight is 495 g/mol. The van der Waals surface area contributed by atoms with Crippen molar-refractivity contribution in [1.29, 1.82) is 0 Å². The van der Waals surface area contributed by atoms with Crippen LogP contribution in [0.4, 0.5) is 5.95 Å². The van der Waals surface area contributed by atoms with E-state index in [2.05, 4.69) is 60.8 Å². The number of anilines is 1. The third-order valence-electron chi connectivity index (χ3n) is 4.68. The van der Waals surface area contributed by atoms with E-state index >= 15 is 0 Å². The van der Waals surface area contributed by atoms with Gasteiger partial charge in [-0.25, -0.2) is 4.98 Å². The highest BCUT2D eigenvalue weighted by Gasteiger charge is 2.12. The highest BCUT2D eigenvalue weighted by Crippen LogP contribution is 2.32. The molecule has 3 rings (SSSR count). The van der Waals surface area contributed by atoms with E-state index in [1.165, 1.54) is 25.7 Å². The van der Waals surface area contributed by atoms with Crippen molar-refractivity contribution in [1.82, 2.24) is 9.55 Å². The number of benzene rings is 2. The Hall–Kier alpha value is -1.53. The van der Waals surface area contributed by atoms with Crippen LogP contribution < -0.4 is 5.32 Å². The molecule has 0 aliphatic carbocycles. The van der Waals surface area contributed by atoms with Gasteiger partial charge in [0.05, 0.1) is 15.5 Å². The number of halogens is 2.